The zero-order chi connectivity index (χ0) is 50.0. The lowest BCUT2D eigenvalue weighted by Gasteiger charge is -2.35. The van der Waals surface area contributed by atoms with E-state index in [0.717, 1.165) is 17.1 Å². The summed E-state index contributed by atoms with van der Waals surface area (Å²) in [5.74, 6) is 0. The molecule has 1 heterocycles. The van der Waals surface area contributed by atoms with Crippen molar-refractivity contribution in [1.29, 1.82) is 0 Å². The Balaban J connectivity index is 0.952. The Hall–Kier alpha value is -9.34. The number of hydrogen-bond acceptors (Lipinski definition) is 2. The lowest BCUT2D eigenvalue weighted by atomic mass is 9.67. The van der Waals surface area contributed by atoms with Gasteiger partial charge in [0.1, 0.15) is 0 Å². The van der Waals surface area contributed by atoms with Gasteiger partial charge in [0.15, 0.2) is 0 Å². The van der Waals surface area contributed by atoms with Crippen molar-refractivity contribution in [2.24, 2.45) is 0 Å². The topological polar surface area (TPSA) is 3.24 Å². The van der Waals surface area contributed by atoms with Crippen molar-refractivity contribution < 1.29 is 0 Å². The number of thiophene rings is 1. The molecule has 0 saturated heterocycles. The van der Waals surface area contributed by atoms with E-state index in [2.05, 4.69) is 290 Å². The van der Waals surface area contributed by atoms with Crippen LogP contribution in [-0.4, -0.2) is 0 Å². The fraction of sp³-hybridized carbons (Fsp3) is 0.0270. The summed E-state index contributed by atoms with van der Waals surface area (Å²) < 4.78 is 2.57. The van der Waals surface area contributed by atoms with Crippen LogP contribution in [-0.2, 0) is 10.8 Å². The summed E-state index contributed by atoms with van der Waals surface area (Å²) in [7, 11) is 0. The van der Waals surface area contributed by atoms with E-state index >= 15 is 0 Å². The molecular weight excluding hydrogens is 935 g/mol. The molecule has 0 bridgehead atoms. The quantitative estimate of drug-likeness (QED) is 0.154. The van der Waals surface area contributed by atoms with Gasteiger partial charge in [0.05, 0.1) is 16.5 Å². The van der Waals surface area contributed by atoms with Crippen LogP contribution in [0.2, 0.25) is 0 Å². The monoisotopic (exact) mass is 981 g/mol. The molecule has 0 amide bonds. The molecule has 0 unspecified atom stereocenters. The van der Waals surface area contributed by atoms with Crippen molar-refractivity contribution in [1.82, 2.24) is 0 Å². The molecule has 13 aromatic rings. The molecule has 2 heteroatoms. The molecule has 3 aliphatic carbocycles. The van der Waals surface area contributed by atoms with Gasteiger partial charge in [-0.1, -0.05) is 249 Å². The first-order chi connectivity index (χ1) is 37.7. The Morgan fingerprint density at radius 2 is 0.697 bits per heavy atom. The summed E-state index contributed by atoms with van der Waals surface area (Å²) >= 11 is 1.88. The average molecular weight is 982 g/mol. The van der Waals surface area contributed by atoms with Crippen molar-refractivity contribution in [2.45, 2.75) is 10.8 Å². The highest BCUT2D eigenvalue weighted by molar-refractivity contribution is 7.25. The Kier molecular flexibility index (Phi) is 9.40. The number of fused-ring (bicyclic) bond motifs is 16. The molecule has 1 nitrogen and oxygen atoms in total. The van der Waals surface area contributed by atoms with Gasteiger partial charge in [0.25, 0.3) is 0 Å². The average Bonchev–Trinajstić information content (AvgIpc) is 4.29. The normalized spacial score (nSPS) is 13.7. The first kappa shape index (κ1) is 43.1. The maximum absolute atomic E-state index is 2.57. The zero-order valence-electron chi connectivity index (χ0n) is 41.5. The molecule has 12 aromatic carbocycles. The van der Waals surface area contributed by atoms with Gasteiger partial charge in [-0.25, -0.2) is 0 Å². The minimum atomic E-state index is -0.599. The Morgan fingerprint density at radius 3 is 1.32 bits per heavy atom. The second-order valence-corrected chi connectivity index (χ2v) is 21.7. The smallest absolute Gasteiger partial charge is 0.0726 e. The minimum Gasteiger partial charge on any atom is -0.310 e. The SMILES string of the molecule is c1ccc(-c2ccc(C3(c4ccc(-c5ccccc5)cc4)c4ccccc4-c4cc(N(c5ccc6c(c5)sc5ccccc56)c5cccc6c5-c5ccccc5C65c6ccccc6-c6ccccc65)ccc43)cc2)cc1. The molecular formula is C74H47NS. The van der Waals surface area contributed by atoms with Crippen LogP contribution in [0.5, 0.6) is 0 Å². The van der Waals surface area contributed by atoms with E-state index in [1.54, 1.807) is 0 Å². The molecule has 16 rings (SSSR count). The van der Waals surface area contributed by atoms with Crippen molar-refractivity contribution in [2.75, 3.05) is 4.90 Å². The molecule has 76 heavy (non-hydrogen) atoms. The van der Waals surface area contributed by atoms with Crippen LogP contribution in [0, 0.1) is 0 Å². The van der Waals surface area contributed by atoms with Gasteiger partial charge in [-0.15, -0.1) is 11.3 Å². The van der Waals surface area contributed by atoms with Gasteiger partial charge in [-0.05, 0) is 131 Å². The highest BCUT2D eigenvalue weighted by atomic mass is 32.1. The Morgan fingerprint density at radius 1 is 0.263 bits per heavy atom. The van der Waals surface area contributed by atoms with Crippen LogP contribution in [0.3, 0.4) is 0 Å². The van der Waals surface area contributed by atoms with E-state index < -0.39 is 10.8 Å². The molecule has 1 spiro atoms. The Labute approximate surface area is 446 Å². The molecule has 0 radical (unpaired) electrons. The second kappa shape index (κ2) is 16.6. The first-order valence-corrected chi connectivity index (χ1v) is 27.2. The van der Waals surface area contributed by atoms with E-state index in [1.807, 2.05) is 11.3 Å². The molecule has 1 aromatic heterocycles. The number of nitrogens with zero attached hydrogens (tertiary/aromatic N) is 1. The van der Waals surface area contributed by atoms with Gasteiger partial charge >= 0.3 is 0 Å². The maximum Gasteiger partial charge on any atom is 0.0726 e. The largest absolute Gasteiger partial charge is 0.310 e. The van der Waals surface area contributed by atoms with Gasteiger partial charge in [0.2, 0.25) is 0 Å². The fourth-order valence-electron chi connectivity index (χ4n) is 13.9. The third-order valence-corrected chi connectivity index (χ3v) is 18.1. The highest BCUT2D eigenvalue weighted by Gasteiger charge is 2.53. The van der Waals surface area contributed by atoms with Crippen LogP contribution < -0.4 is 4.90 Å². The Bertz CT molecular complexity index is 4320. The molecule has 354 valence electrons. The number of anilines is 3. The number of rotatable bonds is 7. The van der Waals surface area contributed by atoms with Gasteiger partial charge in [-0.3, -0.25) is 0 Å². The molecule has 0 aliphatic heterocycles. The van der Waals surface area contributed by atoms with Crippen molar-refractivity contribution in [3.8, 4) is 55.6 Å². The fourth-order valence-corrected chi connectivity index (χ4v) is 15.0. The molecule has 0 N–H and O–H groups in total. The predicted molar refractivity (Wildman–Crippen MR) is 318 cm³/mol. The van der Waals surface area contributed by atoms with E-state index in [4.69, 9.17) is 0 Å². The maximum atomic E-state index is 2.57. The lowest BCUT2D eigenvalue weighted by Crippen LogP contribution is -2.28. The summed E-state index contributed by atoms with van der Waals surface area (Å²) in [5, 5.41) is 2.59. The van der Waals surface area contributed by atoms with Crippen LogP contribution in [0.15, 0.2) is 285 Å². The van der Waals surface area contributed by atoms with Crippen LogP contribution in [0.25, 0.3) is 75.8 Å². The third kappa shape index (κ3) is 5.96. The minimum absolute atomic E-state index is 0.473. The predicted octanol–water partition coefficient (Wildman–Crippen LogP) is 19.6. The van der Waals surface area contributed by atoms with Gasteiger partial charge < -0.3 is 4.90 Å². The van der Waals surface area contributed by atoms with Crippen LogP contribution in [0.4, 0.5) is 17.1 Å². The van der Waals surface area contributed by atoms with E-state index in [1.165, 1.54) is 120 Å². The van der Waals surface area contributed by atoms with Crippen molar-refractivity contribution in [3.05, 3.63) is 330 Å². The van der Waals surface area contributed by atoms with E-state index in [9.17, 15) is 0 Å². The second-order valence-electron chi connectivity index (χ2n) is 20.6. The summed E-state index contributed by atoms with van der Waals surface area (Å²) in [5.41, 5.74) is 25.2. The van der Waals surface area contributed by atoms with Gasteiger partial charge in [-0.2, -0.15) is 0 Å². The highest BCUT2D eigenvalue weighted by Crippen LogP contribution is 2.65. The van der Waals surface area contributed by atoms with Gasteiger partial charge in [0, 0.05) is 37.1 Å². The van der Waals surface area contributed by atoms with Crippen molar-refractivity contribution >= 4 is 48.6 Å². The van der Waals surface area contributed by atoms with E-state index in [0.29, 0.717) is 0 Å². The molecule has 3 aliphatic rings. The third-order valence-electron chi connectivity index (χ3n) is 17.0. The summed E-state index contributed by atoms with van der Waals surface area (Å²) in [6, 6.07) is 107. The number of hydrogen-bond donors (Lipinski definition) is 0. The van der Waals surface area contributed by atoms with Crippen LogP contribution >= 0.6 is 11.3 Å². The summed E-state index contributed by atoms with van der Waals surface area (Å²) in [4.78, 5) is 2.57. The number of benzene rings is 12. The standard InChI is InChI=1S/C74H47NS/c1-3-18-48(19-4-1)50-34-38-52(39-35-50)73(53-40-36-51(37-41-53)49-20-5-2-6-21-49)63-27-12-9-24-58(63)62-46-54(43-45-67(62)73)75(55-42-44-60-59-25-11-16-33-70(59)76-71(60)47-55)69-32-17-31-68-72(69)61-26-10-15-30-66(61)74(68)64-28-13-7-22-56(64)57-23-8-14-29-65(57)74/h1-47H. The summed E-state index contributed by atoms with van der Waals surface area (Å²) in [6.45, 7) is 0. The van der Waals surface area contributed by atoms with Crippen LogP contribution in [0.1, 0.15) is 44.5 Å². The zero-order valence-corrected chi connectivity index (χ0v) is 42.3. The molecule has 0 atom stereocenters. The van der Waals surface area contributed by atoms with Crippen molar-refractivity contribution in [3.63, 3.8) is 0 Å². The first-order valence-electron chi connectivity index (χ1n) is 26.4. The van der Waals surface area contributed by atoms with E-state index in [-0.39, 0.29) is 0 Å². The molecule has 0 fully saturated rings. The molecule has 0 saturated carbocycles. The lowest BCUT2D eigenvalue weighted by molar-refractivity contribution is 0.769. The summed E-state index contributed by atoms with van der Waals surface area (Å²) in [6.07, 6.45) is 0.